The number of amides is 5. The van der Waals surface area contributed by atoms with Gasteiger partial charge in [0.15, 0.2) is 0 Å². The summed E-state index contributed by atoms with van der Waals surface area (Å²) in [6, 6.07) is 5.41. The van der Waals surface area contributed by atoms with Crippen molar-refractivity contribution >= 4 is 40.9 Å². The molecule has 0 radical (unpaired) electrons. The average Bonchev–Trinajstić information content (AvgIpc) is 2.38. The second kappa shape index (κ2) is 8.11. The number of rotatable bonds is 4. The van der Waals surface area contributed by atoms with Crippen LogP contribution < -0.4 is 20.9 Å². The minimum atomic E-state index is -0.896. The molecule has 0 saturated carbocycles. The highest BCUT2D eigenvalue weighted by Crippen LogP contribution is 2.15. The summed E-state index contributed by atoms with van der Waals surface area (Å²) in [4.78, 5) is 35.9. The highest BCUT2D eigenvalue weighted by atomic mass is 35.5. The molecular formula is C13H17ClN4O3. The SMILES string of the molecule is CN(C)c1ccc(NC(=O)NC(=O)NC(=O)CCCl)cc1. The molecular weight excluding hydrogens is 296 g/mol. The van der Waals surface area contributed by atoms with Gasteiger partial charge in [-0.2, -0.15) is 0 Å². The van der Waals surface area contributed by atoms with Gasteiger partial charge >= 0.3 is 12.1 Å². The lowest BCUT2D eigenvalue weighted by Gasteiger charge is -2.13. The number of hydrogen-bond donors (Lipinski definition) is 3. The van der Waals surface area contributed by atoms with Gasteiger partial charge in [-0.1, -0.05) is 0 Å². The van der Waals surface area contributed by atoms with Crippen LogP contribution in [-0.2, 0) is 4.79 Å². The van der Waals surface area contributed by atoms with E-state index >= 15 is 0 Å². The molecule has 1 aromatic carbocycles. The standard InChI is InChI=1S/C13H17ClN4O3/c1-18(2)10-5-3-9(4-6-10)15-12(20)17-13(21)16-11(19)7-8-14/h3-6H,7-8H2,1-2H3,(H3,15,16,17,19,20,21). The van der Waals surface area contributed by atoms with E-state index in [1.807, 2.05) is 41.8 Å². The largest absolute Gasteiger partial charge is 0.378 e. The molecule has 0 aromatic heterocycles. The summed E-state index contributed by atoms with van der Waals surface area (Å²) in [5.41, 5.74) is 1.50. The number of carbonyl (C=O) groups is 3. The molecule has 0 saturated heterocycles. The molecule has 0 aliphatic heterocycles. The molecule has 8 heteroatoms. The van der Waals surface area contributed by atoms with Crippen molar-refractivity contribution in [2.24, 2.45) is 0 Å². The van der Waals surface area contributed by atoms with Gasteiger partial charge in [0, 0.05) is 37.8 Å². The molecule has 7 nitrogen and oxygen atoms in total. The van der Waals surface area contributed by atoms with Gasteiger partial charge in [0.2, 0.25) is 5.91 Å². The number of imide groups is 2. The fourth-order valence-corrected chi connectivity index (χ4v) is 1.59. The van der Waals surface area contributed by atoms with Crippen molar-refractivity contribution in [3.8, 4) is 0 Å². The van der Waals surface area contributed by atoms with E-state index in [4.69, 9.17) is 11.6 Å². The van der Waals surface area contributed by atoms with Gasteiger partial charge in [-0.25, -0.2) is 9.59 Å². The van der Waals surface area contributed by atoms with E-state index in [2.05, 4.69) is 5.32 Å². The molecule has 3 N–H and O–H groups in total. The first kappa shape index (κ1) is 16.8. The van der Waals surface area contributed by atoms with E-state index in [9.17, 15) is 14.4 Å². The summed E-state index contributed by atoms with van der Waals surface area (Å²) in [5.74, 6) is -0.450. The number of nitrogens with one attached hydrogen (secondary N) is 3. The molecule has 1 rings (SSSR count). The average molecular weight is 313 g/mol. The van der Waals surface area contributed by atoms with Crippen molar-refractivity contribution in [1.29, 1.82) is 0 Å². The van der Waals surface area contributed by atoms with Gasteiger partial charge in [-0.3, -0.25) is 15.4 Å². The molecule has 114 valence electrons. The van der Waals surface area contributed by atoms with Gasteiger partial charge in [-0.15, -0.1) is 11.6 Å². The van der Waals surface area contributed by atoms with Gasteiger partial charge in [0.05, 0.1) is 0 Å². The predicted octanol–water partition coefficient (Wildman–Crippen LogP) is 1.74. The molecule has 0 aliphatic rings. The molecule has 0 bridgehead atoms. The molecule has 0 atom stereocenters. The molecule has 0 unspecified atom stereocenters. The topological polar surface area (TPSA) is 90.5 Å². The molecule has 0 fully saturated rings. The van der Waals surface area contributed by atoms with Crippen molar-refractivity contribution in [2.45, 2.75) is 6.42 Å². The second-order valence-electron chi connectivity index (χ2n) is 4.34. The van der Waals surface area contributed by atoms with Crippen LogP contribution in [0.1, 0.15) is 6.42 Å². The van der Waals surface area contributed by atoms with Crippen LogP contribution in [0.3, 0.4) is 0 Å². The monoisotopic (exact) mass is 312 g/mol. The van der Waals surface area contributed by atoms with E-state index in [-0.39, 0.29) is 12.3 Å². The van der Waals surface area contributed by atoms with Crippen LogP contribution in [-0.4, -0.2) is 37.9 Å². The van der Waals surface area contributed by atoms with Crippen molar-refractivity contribution in [1.82, 2.24) is 10.6 Å². The first-order valence-electron chi connectivity index (χ1n) is 6.17. The predicted molar refractivity (Wildman–Crippen MR) is 81.8 cm³/mol. The Morgan fingerprint density at radius 1 is 1.05 bits per heavy atom. The Morgan fingerprint density at radius 2 is 1.67 bits per heavy atom. The highest BCUT2D eigenvalue weighted by molar-refractivity contribution is 6.19. The number of anilines is 2. The van der Waals surface area contributed by atoms with Crippen molar-refractivity contribution in [3.63, 3.8) is 0 Å². The number of alkyl halides is 1. The summed E-state index contributed by atoms with van der Waals surface area (Å²) >= 11 is 5.35. The van der Waals surface area contributed by atoms with E-state index in [1.54, 1.807) is 12.1 Å². The summed E-state index contributed by atoms with van der Waals surface area (Å²) in [6.45, 7) is 0. The summed E-state index contributed by atoms with van der Waals surface area (Å²) in [7, 11) is 3.80. The summed E-state index contributed by atoms with van der Waals surface area (Å²) < 4.78 is 0. The Kier molecular flexibility index (Phi) is 6.48. The van der Waals surface area contributed by atoms with Gasteiger partial charge in [0.1, 0.15) is 0 Å². The first-order valence-corrected chi connectivity index (χ1v) is 6.71. The highest BCUT2D eigenvalue weighted by Gasteiger charge is 2.10. The lowest BCUT2D eigenvalue weighted by molar-refractivity contribution is -0.119. The lowest BCUT2D eigenvalue weighted by Crippen LogP contribution is -2.44. The van der Waals surface area contributed by atoms with Crippen LogP contribution >= 0.6 is 11.6 Å². The smallest absolute Gasteiger partial charge is 0.329 e. The van der Waals surface area contributed by atoms with Crippen molar-refractivity contribution in [3.05, 3.63) is 24.3 Å². The Labute approximate surface area is 127 Å². The summed E-state index contributed by atoms with van der Waals surface area (Å²) in [6.07, 6.45) is 0.00257. The first-order chi connectivity index (χ1) is 9.92. The Hall–Kier alpha value is -2.28. The zero-order valence-corrected chi connectivity index (χ0v) is 12.5. The molecule has 1 aromatic rings. The number of urea groups is 2. The Balaban J connectivity index is 2.46. The van der Waals surface area contributed by atoms with Crippen LogP contribution in [0.25, 0.3) is 0 Å². The van der Waals surface area contributed by atoms with E-state index in [1.165, 1.54) is 0 Å². The molecule has 5 amide bonds. The molecule has 0 heterocycles. The zero-order valence-electron chi connectivity index (χ0n) is 11.8. The van der Waals surface area contributed by atoms with Crippen LogP contribution in [0, 0.1) is 0 Å². The maximum absolute atomic E-state index is 11.6. The van der Waals surface area contributed by atoms with Gasteiger partial charge in [-0.05, 0) is 24.3 Å². The normalized spacial score (nSPS) is 9.67. The third-order valence-electron chi connectivity index (χ3n) is 2.44. The summed E-state index contributed by atoms with van der Waals surface area (Å²) in [5, 5.41) is 6.44. The Morgan fingerprint density at radius 3 is 2.19 bits per heavy atom. The maximum Gasteiger partial charge on any atom is 0.329 e. The number of hydrogen-bond acceptors (Lipinski definition) is 4. The molecule has 0 aliphatic carbocycles. The lowest BCUT2D eigenvalue weighted by atomic mass is 10.2. The van der Waals surface area contributed by atoms with E-state index in [0.29, 0.717) is 5.69 Å². The number of benzene rings is 1. The molecule has 21 heavy (non-hydrogen) atoms. The molecule has 0 spiro atoms. The van der Waals surface area contributed by atoms with E-state index in [0.717, 1.165) is 5.69 Å². The number of nitrogens with zero attached hydrogens (tertiary/aromatic N) is 1. The zero-order chi connectivity index (χ0) is 15.8. The third kappa shape index (κ3) is 6.13. The Bertz CT molecular complexity index is 517. The minimum absolute atomic E-state index is 0.00257. The third-order valence-corrected chi connectivity index (χ3v) is 2.63. The fourth-order valence-electron chi connectivity index (χ4n) is 1.41. The number of carbonyl (C=O) groups excluding carboxylic acids is 3. The minimum Gasteiger partial charge on any atom is -0.378 e. The maximum atomic E-state index is 11.6. The fraction of sp³-hybridized carbons (Fsp3) is 0.308. The van der Waals surface area contributed by atoms with E-state index < -0.39 is 18.0 Å². The second-order valence-corrected chi connectivity index (χ2v) is 4.71. The number of halogens is 1. The van der Waals surface area contributed by atoms with Crippen LogP contribution in [0.4, 0.5) is 21.0 Å². The van der Waals surface area contributed by atoms with Crippen LogP contribution in [0.5, 0.6) is 0 Å². The van der Waals surface area contributed by atoms with Crippen molar-refractivity contribution in [2.75, 3.05) is 30.2 Å². The van der Waals surface area contributed by atoms with Crippen LogP contribution in [0.15, 0.2) is 24.3 Å². The van der Waals surface area contributed by atoms with Gasteiger partial charge < -0.3 is 10.2 Å². The van der Waals surface area contributed by atoms with Crippen LogP contribution in [0.2, 0.25) is 0 Å². The van der Waals surface area contributed by atoms with Gasteiger partial charge in [0.25, 0.3) is 0 Å². The quantitative estimate of drug-likeness (QED) is 0.739. The van der Waals surface area contributed by atoms with Crippen molar-refractivity contribution < 1.29 is 14.4 Å².